The van der Waals surface area contributed by atoms with Crippen LogP contribution in [-0.2, 0) is 17.8 Å². The molecule has 3 N–H and O–H groups in total. The molecule has 3 rings (SSSR count). The van der Waals surface area contributed by atoms with Crippen LogP contribution in [0.5, 0.6) is 5.75 Å². The number of hydrogen-bond acceptors (Lipinski definition) is 4. The van der Waals surface area contributed by atoms with Crippen molar-refractivity contribution in [2.75, 3.05) is 0 Å². The highest BCUT2D eigenvalue weighted by Crippen LogP contribution is 2.20. The number of nitrogens with two attached hydrogens (primary N) is 1. The first-order valence-corrected chi connectivity index (χ1v) is 7.76. The van der Waals surface area contributed by atoms with Crippen LogP contribution in [0.2, 0.25) is 0 Å². The summed E-state index contributed by atoms with van der Waals surface area (Å²) in [6, 6.07) is 17.9. The number of aromatic amines is 1. The van der Waals surface area contributed by atoms with E-state index >= 15 is 0 Å². The maximum atomic E-state index is 11.9. The molecule has 0 aliphatic heterocycles. The molecule has 1 aromatic heterocycles. The van der Waals surface area contributed by atoms with Crippen molar-refractivity contribution in [2.24, 2.45) is 5.73 Å². The number of ether oxygens (including phenoxy) is 1. The molecule has 0 aliphatic rings. The first-order chi connectivity index (χ1) is 12.1. The Kier molecular flexibility index (Phi) is 4.89. The summed E-state index contributed by atoms with van der Waals surface area (Å²) >= 11 is 0. The van der Waals surface area contributed by atoms with E-state index in [1.54, 1.807) is 18.2 Å². The van der Waals surface area contributed by atoms with Gasteiger partial charge in [-0.15, -0.1) is 0 Å². The van der Waals surface area contributed by atoms with E-state index < -0.39 is 5.91 Å². The number of amides is 1. The predicted octanol–water partition coefficient (Wildman–Crippen LogP) is 2.04. The van der Waals surface area contributed by atoms with Crippen LogP contribution in [0.25, 0.3) is 11.4 Å². The standard InChI is InChI=1S/C19H17N3O3/c20-17(23)10-14-8-4-5-9-16(14)25-12-15-11-18(24)22-19(21-15)13-6-2-1-3-7-13/h1-9,11H,10,12H2,(H2,20,23)(H,21,22,24). The number of benzene rings is 2. The number of rotatable bonds is 6. The lowest BCUT2D eigenvalue weighted by molar-refractivity contribution is -0.117. The quantitative estimate of drug-likeness (QED) is 0.720. The summed E-state index contributed by atoms with van der Waals surface area (Å²) in [6.07, 6.45) is 0.0915. The van der Waals surface area contributed by atoms with E-state index in [4.69, 9.17) is 10.5 Å². The second-order valence-electron chi connectivity index (χ2n) is 5.49. The smallest absolute Gasteiger partial charge is 0.251 e. The first-order valence-electron chi connectivity index (χ1n) is 7.76. The van der Waals surface area contributed by atoms with Gasteiger partial charge in [0.15, 0.2) is 0 Å². The fraction of sp³-hybridized carbons (Fsp3) is 0.105. The van der Waals surface area contributed by atoms with Gasteiger partial charge in [-0.05, 0) is 6.07 Å². The van der Waals surface area contributed by atoms with Crippen LogP contribution >= 0.6 is 0 Å². The van der Waals surface area contributed by atoms with E-state index in [-0.39, 0.29) is 18.6 Å². The Hall–Kier alpha value is -3.41. The monoisotopic (exact) mass is 335 g/mol. The van der Waals surface area contributed by atoms with E-state index in [1.807, 2.05) is 36.4 Å². The Labute approximate surface area is 144 Å². The summed E-state index contributed by atoms with van der Waals surface area (Å²) in [5, 5.41) is 0. The molecule has 3 aromatic rings. The van der Waals surface area contributed by atoms with E-state index in [9.17, 15) is 9.59 Å². The van der Waals surface area contributed by atoms with E-state index in [1.165, 1.54) is 6.07 Å². The highest BCUT2D eigenvalue weighted by molar-refractivity contribution is 5.77. The van der Waals surface area contributed by atoms with Crippen LogP contribution in [-0.4, -0.2) is 15.9 Å². The molecule has 2 aromatic carbocycles. The third-order valence-corrected chi connectivity index (χ3v) is 3.55. The summed E-state index contributed by atoms with van der Waals surface area (Å²) in [5.74, 6) is 0.596. The van der Waals surface area contributed by atoms with Gasteiger partial charge >= 0.3 is 0 Å². The Morgan fingerprint density at radius 2 is 1.80 bits per heavy atom. The molecule has 0 unspecified atom stereocenters. The second kappa shape index (κ2) is 7.44. The van der Waals surface area contributed by atoms with Gasteiger partial charge in [0.1, 0.15) is 18.2 Å². The number of H-pyrrole nitrogens is 1. The average Bonchev–Trinajstić information content (AvgIpc) is 2.61. The van der Waals surface area contributed by atoms with Crippen molar-refractivity contribution in [2.45, 2.75) is 13.0 Å². The minimum atomic E-state index is -0.434. The molecule has 6 heteroatoms. The number of nitrogens with one attached hydrogen (secondary N) is 1. The largest absolute Gasteiger partial charge is 0.487 e. The van der Waals surface area contributed by atoms with Gasteiger partial charge < -0.3 is 15.5 Å². The molecule has 126 valence electrons. The molecule has 0 atom stereocenters. The van der Waals surface area contributed by atoms with Gasteiger partial charge in [0.05, 0.1) is 12.1 Å². The molecule has 0 spiro atoms. The molecular formula is C19H17N3O3. The zero-order chi connectivity index (χ0) is 17.6. The van der Waals surface area contributed by atoms with Crippen molar-refractivity contribution >= 4 is 5.91 Å². The summed E-state index contributed by atoms with van der Waals surface area (Å²) in [4.78, 5) is 30.2. The summed E-state index contributed by atoms with van der Waals surface area (Å²) in [6.45, 7) is 0.111. The Bertz CT molecular complexity index is 936. The van der Waals surface area contributed by atoms with Gasteiger partial charge in [0, 0.05) is 17.2 Å². The van der Waals surface area contributed by atoms with Gasteiger partial charge in [0.2, 0.25) is 5.91 Å². The maximum Gasteiger partial charge on any atom is 0.251 e. The molecular weight excluding hydrogens is 318 g/mol. The molecule has 0 fully saturated rings. The number of carbonyl (C=O) groups excluding carboxylic acids is 1. The van der Waals surface area contributed by atoms with E-state index in [2.05, 4.69) is 9.97 Å². The summed E-state index contributed by atoms with van der Waals surface area (Å²) in [5.41, 5.74) is 7.01. The van der Waals surface area contributed by atoms with Crippen molar-refractivity contribution in [1.82, 2.24) is 9.97 Å². The van der Waals surface area contributed by atoms with Crippen LogP contribution in [0.15, 0.2) is 65.5 Å². The average molecular weight is 335 g/mol. The zero-order valence-corrected chi connectivity index (χ0v) is 13.4. The molecule has 0 radical (unpaired) electrons. The number of primary amides is 1. The lowest BCUT2D eigenvalue weighted by Crippen LogP contribution is -2.15. The molecule has 0 bridgehead atoms. The molecule has 25 heavy (non-hydrogen) atoms. The number of aromatic nitrogens is 2. The number of para-hydroxylation sites is 1. The SMILES string of the molecule is NC(=O)Cc1ccccc1OCc1cc(=O)[nH]c(-c2ccccc2)n1. The van der Waals surface area contributed by atoms with Crippen LogP contribution in [0.4, 0.5) is 0 Å². The van der Waals surface area contributed by atoms with Crippen LogP contribution < -0.4 is 16.0 Å². The van der Waals surface area contributed by atoms with Gasteiger partial charge in [-0.25, -0.2) is 4.98 Å². The first kappa shape index (κ1) is 16.4. The predicted molar refractivity (Wildman–Crippen MR) is 94.0 cm³/mol. The van der Waals surface area contributed by atoms with Crippen LogP contribution in [0.3, 0.4) is 0 Å². The Morgan fingerprint density at radius 1 is 1.08 bits per heavy atom. The number of hydrogen-bond donors (Lipinski definition) is 2. The Balaban J connectivity index is 1.82. The fourth-order valence-corrected chi connectivity index (χ4v) is 2.44. The number of nitrogens with zero attached hydrogens (tertiary/aromatic N) is 1. The van der Waals surface area contributed by atoms with Crippen LogP contribution in [0, 0.1) is 0 Å². The normalized spacial score (nSPS) is 10.4. The Morgan fingerprint density at radius 3 is 2.56 bits per heavy atom. The highest BCUT2D eigenvalue weighted by atomic mass is 16.5. The third kappa shape index (κ3) is 4.32. The van der Waals surface area contributed by atoms with E-state index in [0.29, 0.717) is 22.8 Å². The van der Waals surface area contributed by atoms with E-state index in [0.717, 1.165) is 5.56 Å². The van der Waals surface area contributed by atoms with Crippen molar-refractivity contribution in [3.8, 4) is 17.1 Å². The van der Waals surface area contributed by atoms with Crippen LogP contribution in [0.1, 0.15) is 11.3 Å². The van der Waals surface area contributed by atoms with Crippen molar-refractivity contribution < 1.29 is 9.53 Å². The van der Waals surface area contributed by atoms with Gasteiger partial charge in [-0.2, -0.15) is 0 Å². The van der Waals surface area contributed by atoms with Gasteiger partial charge in [-0.1, -0.05) is 48.5 Å². The number of carbonyl (C=O) groups is 1. The van der Waals surface area contributed by atoms with Gasteiger partial charge in [0.25, 0.3) is 5.56 Å². The minimum absolute atomic E-state index is 0.0915. The summed E-state index contributed by atoms with van der Waals surface area (Å²) in [7, 11) is 0. The van der Waals surface area contributed by atoms with Gasteiger partial charge in [-0.3, -0.25) is 9.59 Å². The van der Waals surface area contributed by atoms with Crippen molar-refractivity contribution in [1.29, 1.82) is 0 Å². The molecule has 0 saturated carbocycles. The second-order valence-corrected chi connectivity index (χ2v) is 5.49. The van der Waals surface area contributed by atoms with Crippen molar-refractivity contribution in [3.63, 3.8) is 0 Å². The third-order valence-electron chi connectivity index (χ3n) is 3.55. The minimum Gasteiger partial charge on any atom is -0.487 e. The fourth-order valence-electron chi connectivity index (χ4n) is 2.44. The summed E-state index contributed by atoms with van der Waals surface area (Å²) < 4.78 is 5.75. The lowest BCUT2D eigenvalue weighted by Gasteiger charge is -2.10. The maximum absolute atomic E-state index is 11.9. The molecule has 1 amide bonds. The molecule has 0 aliphatic carbocycles. The zero-order valence-electron chi connectivity index (χ0n) is 13.4. The van der Waals surface area contributed by atoms with Crippen molar-refractivity contribution in [3.05, 3.63) is 82.3 Å². The molecule has 6 nitrogen and oxygen atoms in total. The highest BCUT2D eigenvalue weighted by Gasteiger charge is 2.08. The topological polar surface area (TPSA) is 98.1 Å². The lowest BCUT2D eigenvalue weighted by atomic mass is 10.1. The molecule has 0 saturated heterocycles. The molecule has 1 heterocycles.